The minimum absolute atomic E-state index is 0.0487. The van der Waals surface area contributed by atoms with Gasteiger partial charge in [0.05, 0.1) is 6.42 Å². The Kier molecular flexibility index (Phi) is 5.38. The van der Waals surface area contributed by atoms with Crippen LogP contribution in [0.4, 0.5) is 0 Å². The van der Waals surface area contributed by atoms with Crippen LogP contribution >= 0.6 is 15.9 Å². The first kappa shape index (κ1) is 18.7. The molecule has 0 N–H and O–H groups in total. The van der Waals surface area contributed by atoms with Crippen molar-refractivity contribution in [3.63, 3.8) is 0 Å². The zero-order valence-corrected chi connectivity index (χ0v) is 17.4. The molecule has 4 rings (SSSR count). The SMILES string of the molecule is CN(C)C1C2CC(OC(=O)Cc3ccccc3-c3ccccc3)C1CC2Br. The smallest absolute Gasteiger partial charge is 0.310 e. The number of benzene rings is 2. The van der Waals surface area contributed by atoms with Crippen LogP contribution in [0.5, 0.6) is 0 Å². The van der Waals surface area contributed by atoms with Gasteiger partial charge in [0.2, 0.25) is 0 Å². The van der Waals surface area contributed by atoms with Crippen LogP contribution < -0.4 is 0 Å². The first-order valence-electron chi connectivity index (χ1n) is 9.68. The molecule has 4 heteroatoms. The minimum atomic E-state index is -0.112. The van der Waals surface area contributed by atoms with E-state index in [1.165, 1.54) is 0 Å². The van der Waals surface area contributed by atoms with Crippen LogP contribution in [0.3, 0.4) is 0 Å². The molecule has 0 saturated heterocycles. The summed E-state index contributed by atoms with van der Waals surface area (Å²) in [5, 5.41) is 0. The molecule has 2 bridgehead atoms. The average molecular weight is 428 g/mol. The van der Waals surface area contributed by atoms with Crippen LogP contribution in [0.25, 0.3) is 11.1 Å². The fourth-order valence-corrected chi connectivity index (χ4v) is 6.01. The number of rotatable bonds is 5. The van der Waals surface area contributed by atoms with Gasteiger partial charge in [0.25, 0.3) is 0 Å². The van der Waals surface area contributed by atoms with E-state index in [0.29, 0.717) is 29.1 Å². The first-order valence-corrected chi connectivity index (χ1v) is 10.6. The van der Waals surface area contributed by atoms with Gasteiger partial charge in [-0.05, 0) is 49.5 Å². The van der Waals surface area contributed by atoms with Crippen LogP contribution in [0.2, 0.25) is 0 Å². The average Bonchev–Trinajstić information content (AvgIpc) is 3.17. The Morgan fingerprint density at radius 2 is 1.74 bits per heavy atom. The van der Waals surface area contributed by atoms with E-state index in [-0.39, 0.29) is 12.1 Å². The molecule has 0 amide bonds. The van der Waals surface area contributed by atoms with E-state index in [1.807, 2.05) is 36.4 Å². The molecule has 2 fully saturated rings. The summed E-state index contributed by atoms with van der Waals surface area (Å²) in [5.41, 5.74) is 3.27. The van der Waals surface area contributed by atoms with Crippen molar-refractivity contribution in [1.29, 1.82) is 0 Å². The summed E-state index contributed by atoms with van der Waals surface area (Å²) in [5.74, 6) is 0.890. The molecular formula is C23H26BrNO2. The topological polar surface area (TPSA) is 29.5 Å². The highest BCUT2D eigenvalue weighted by atomic mass is 79.9. The summed E-state index contributed by atoms with van der Waals surface area (Å²) < 4.78 is 5.98. The van der Waals surface area contributed by atoms with Crippen LogP contribution in [0.15, 0.2) is 54.6 Å². The van der Waals surface area contributed by atoms with Gasteiger partial charge in [-0.1, -0.05) is 70.5 Å². The number of hydrogen-bond donors (Lipinski definition) is 0. The molecule has 0 aliphatic heterocycles. The molecule has 2 aromatic rings. The van der Waals surface area contributed by atoms with Gasteiger partial charge in [-0.15, -0.1) is 0 Å². The first-order chi connectivity index (χ1) is 13.0. The Morgan fingerprint density at radius 1 is 1.04 bits per heavy atom. The van der Waals surface area contributed by atoms with Gasteiger partial charge in [-0.25, -0.2) is 0 Å². The largest absolute Gasteiger partial charge is 0.462 e. The lowest BCUT2D eigenvalue weighted by atomic mass is 9.96. The van der Waals surface area contributed by atoms with Crippen molar-refractivity contribution >= 4 is 21.9 Å². The van der Waals surface area contributed by atoms with Crippen molar-refractivity contribution in [3.8, 4) is 11.1 Å². The predicted octanol–water partition coefficient (Wildman–Crippen LogP) is 4.54. The number of fused-ring (bicyclic) bond motifs is 2. The van der Waals surface area contributed by atoms with E-state index in [2.05, 4.69) is 53.1 Å². The molecule has 0 spiro atoms. The molecule has 0 aromatic heterocycles. The van der Waals surface area contributed by atoms with Gasteiger partial charge in [-0.3, -0.25) is 4.79 Å². The van der Waals surface area contributed by atoms with E-state index >= 15 is 0 Å². The summed E-state index contributed by atoms with van der Waals surface area (Å²) in [6.45, 7) is 0. The fourth-order valence-electron chi connectivity index (χ4n) is 5.05. The molecule has 5 atom stereocenters. The van der Waals surface area contributed by atoms with E-state index in [0.717, 1.165) is 29.5 Å². The van der Waals surface area contributed by atoms with Gasteiger partial charge >= 0.3 is 5.97 Å². The van der Waals surface area contributed by atoms with Gasteiger partial charge in [0.1, 0.15) is 6.10 Å². The molecule has 0 heterocycles. The lowest BCUT2D eigenvalue weighted by molar-refractivity contribution is -0.150. The van der Waals surface area contributed by atoms with Gasteiger partial charge in [-0.2, -0.15) is 0 Å². The molecule has 0 radical (unpaired) electrons. The Bertz CT molecular complexity index is 807. The number of nitrogens with zero attached hydrogens (tertiary/aromatic N) is 1. The minimum Gasteiger partial charge on any atom is -0.462 e. The third-order valence-electron chi connectivity index (χ3n) is 6.14. The van der Waals surface area contributed by atoms with Crippen molar-refractivity contribution in [2.75, 3.05) is 14.1 Å². The van der Waals surface area contributed by atoms with Crippen LogP contribution in [0.1, 0.15) is 18.4 Å². The summed E-state index contributed by atoms with van der Waals surface area (Å²) in [6, 6.07) is 18.8. The van der Waals surface area contributed by atoms with E-state index in [4.69, 9.17) is 4.74 Å². The lowest BCUT2D eigenvalue weighted by Crippen LogP contribution is -2.35. The molecule has 2 aromatic carbocycles. The molecule has 27 heavy (non-hydrogen) atoms. The monoisotopic (exact) mass is 427 g/mol. The van der Waals surface area contributed by atoms with Crippen molar-refractivity contribution in [2.24, 2.45) is 11.8 Å². The maximum Gasteiger partial charge on any atom is 0.310 e. The van der Waals surface area contributed by atoms with Gasteiger partial charge in [0, 0.05) is 16.8 Å². The quantitative estimate of drug-likeness (QED) is 0.517. The van der Waals surface area contributed by atoms with Crippen LogP contribution in [-0.2, 0) is 16.0 Å². The number of esters is 1. The zero-order chi connectivity index (χ0) is 19.0. The van der Waals surface area contributed by atoms with E-state index in [9.17, 15) is 4.79 Å². The molecular weight excluding hydrogens is 402 g/mol. The number of carbonyl (C=O) groups excluding carboxylic acids is 1. The molecule has 2 aliphatic rings. The Morgan fingerprint density at radius 3 is 2.44 bits per heavy atom. The number of alkyl halides is 1. The second-order valence-electron chi connectivity index (χ2n) is 8.00. The maximum absolute atomic E-state index is 12.7. The fraction of sp³-hybridized carbons (Fsp3) is 0.435. The number of halogens is 1. The zero-order valence-electron chi connectivity index (χ0n) is 15.8. The number of ether oxygens (including phenoxy) is 1. The number of carbonyl (C=O) groups is 1. The number of hydrogen-bond acceptors (Lipinski definition) is 3. The van der Waals surface area contributed by atoms with E-state index < -0.39 is 0 Å². The van der Waals surface area contributed by atoms with Crippen LogP contribution in [0, 0.1) is 11.8 Å². The van der Waals surface area contributed by atoms with Crippen LogP contribution in [-0.4, -0.2) is 41.9 Å². The van der Waals surface area contributed by atoms with E-state index in [1.54, 1.807) is 0 Å². The predicted molar refractivity (Wildman–Crippen MR) is 112 cm³/mol. The van der Waals surface area contributed by atoms with Crippen molar-refractivity contribution in [3.05, 3.63) is 60.2 Å². The van der Waals surface area contributed by atoms with Crippen molar-refractivity contribution < 1.29 is 9.53 Å². The molecule has 5 unspecified atom stereocenters. The second kappa shape index (κ2) is 7.76. The third-order valence-corrected chi connectivity index (χ3v) is 7.19. The third kappa shape index (κ3) is 3.70. The summed E-state index contributed by atoms with van der Waals surface area (Å²) in [4.78, 5) is 15.6. The molecule has 142 valence electrons. The normalized spacial score (nSPS) is 29.3. The Balaban J connectivity index is 1.46. The van der Waals surface area contributed by atoms with Gasteiger partial charge in [0.15, 0.2) is 0 Å². The standard InChI is InChI=1S/C23H26BrNO2/c1-25(2)23-18-14-21(19(23)13-20(18)24)27-22(26)12-16-10-6-7-11-17(16)15-8-4-3-5-9-15/h3-11,18-21,23H,12-14H2,1-2H3. The van der Waals surface area contributed by atoms with Gasteiger partial charge < -0.3 is 9.64 Å². The van der Waals surface area contributed by atoms with Crippen molar-refractivity contribution in [2.45, 2.75) is 36.2 Å². The van der Waals surface area contributed by atoms with Crippen molar-refractivity contribution in [1.82, 2.24) is 4.90 Å². The highest BCUT2D eigenvalue weighted by Gasteiger charge is 2.54. The summed E-state index contributed by atoms with van der Waals surface area (Å²) in [7, 11) is 4.27. The summed E-state index contributed by atoms with van der Waals surface area (Å²) >= 11 is 3.82. The highest BCUT2D eigenvalue weighted by molar-refractivity contribution is 9.09. The highest BCUT2D eigenvalue weighted by Crippen LogP contribution is 2.51. The lowest BCUT2D eigenvalue weighted by Gasteiger charge is -2.26. The Hall–Kier alpha value is -1.65. The Labute approximate surface area is 169 Å². The molecule has 2 aliphatic carbocycles. The maximum atomic E-state index is 12.7. The molecule has 3 nitrogen and oxygen atoms in total. The summed E-state index contributed by atoms with van der Waals surface area (Å²) in [6.07, 6.45) is 2.43. The second-order valence-corrected chi connectivity index (χ2v) is 9.17. The molecule has 2 saturated carbocycles.